The van der Waals surface area contributed by atoms with Crippen molar-refractivity contribution >= 4 is 33.4 Å². The Labute approximate surface area is 147 Å². The maximum absolute atomic E-state index is 5.83. The summed E-state index contributed by atoms with van der Waals surface area (Å²) in [6, 6.07) is 18.1. The van der Waals surface area contributed by atoms with Gasteiger partial charge in [-0.1, -0.05) is 35.9 Å². The van der Waals surface area contributed by atoms with Gasteiger partial charge in [0, 0.05) is 27.7 Å². The van der Waals surface area contributed by atoms with Crippen LogP contribution in [0.15, 0.2) is 60.8 Å². The molecule has 3 heteroatoms. The number of rotatable bonds is 0. The first-order valence-electron chi connectivity index (χ1n) is 7.88. The molecule has 0 unspecified atom stereocenters. The Balaban J connectivity index is 0.000000141. The van der Waals surface area contributed by atoms with E-state index in [1.54, 1.807) is 6.20 Å². The van der Waals surface area contributed by atoms with Crippen molar-refractivity contribution in [2.24, 2.45) is 0 Å². The minimum Gasteiger partial charge on any atom is -0.256 e. The molecule has 0 fully saturated rings. The number of para-hydroxylation sites is 1. The van der Waals surface area contributed by atoms with E-state index in [1.165, 1.54) is 21.9 Å². The van der Waals surface area contributed by atoms with Crippen LogP contribution in [0.4, 0.5) is 0 Å². The van der Waals surface area contributed by atoms with Gasteiger partial charge in [0.2, 0.25) is 0 Å². The van der Waals surface area contributed by atoms with Crippen molar-refractivity contribution in [3.05, 3.63) is 82.6 Å². The monoisotopic (exact) mass is 334 g/mol. The van der Waals surface area contributed by atoms with Gasteiger partial charge in [0.15, 0.2) is 0 Å². The fraction of sp³-hybridized carbons (Fsp3) is 0.143. The summed E-state index contributed by atoms with van der Waals surface area (Å²) in [5.41, 5.74) is 5.65. The first-order chi connectivity index (χ1) is 11.5. The molecule has 0 saturated carbocycles. The Bertz CT molecular complexity index is 968. The predicted molar refractivity (Wildman–Crippen MR) is 103 cm³/mol. The van der Waals surface area contributed by atoms with Crippen LogP contribution in [-0.2, 0) is 0 Å². The highest BCUT2D eigenvalue weighted by Gasteiger charge is 1.98. The molecule has 2 nitrogen and oxygen atoms in total. The zero-order valence-corrected chi connectivity index (χ0v) is 14.8. The number of nitrogens with zero attached hydrogens (tertiary/aromatic N) is 2. The van der Waals surface area contributed by atoms with Crippen LogP contribution in [0.2, 0.25) is 5.02 Å². The lowest BCUT2D eigenvalue weighted by atomic mass is 10.1. The van der Waals surface area contributed by atoms with Crippen LogP contribution in [0.1, 0.15) is 16.8 Å². The number of aromatic nitrogens is 2. The van der Waals surface area contributed by atoms with Gasteiger partial charge in [-0.2, -0.15) is 0 Å². The summed E-state index contributed by atoms with van der Waals surface area (Å²) >= 11 is 5.83. The summed E-state index contributed by atoms with van der Waals surface area (Å²) in [5, 5.41) is 3.13. The van der Waals surface area contributed by atoms with E-state index in [-0.39, 0.29) is 0 Å². The van der Waals surface area contributed by atoms with Gasteiger partial charge >= 0.3 is 0 Å². The molecule has 0 radical (unpaired) electrons. The van der Waals surface area contributed by atoms with Gasteiger partial charge in [-0.15, -0.1) is 0 Å². The summed E-state index contributed by atoms with van der Waals surface area (Å²) < 4.78 is 0. The van der Waals surface area contributed by atoms with E-state index in [4.69, 9.17) is 11.6 Å². The van der Waals surface area contributed by atoms with Crippen molar-refractivity contribution in [3.8, 4) is 0 Å². The average Bonchev–Trinajstić information content (AvgIpc) is 2.56. The molecule has 2 aromatic carbocycles. The van der Waals surface area contributed by atoms with E-state index >= 15 is 0 Å². The van der Waals surface area contributed by atoms with Crippen LogP contribution in [-0.4, -0.2) is 9.97 Å². The van der Waals surface area contributed by atoms with Crippen molar-refractivity contribution in [1.82, 2.24) is 9.97 Å². The summed E-state index contributed by atoms with van der Waals surface area (Å²) in [6.45, 7) is 6.20. The third-order valence-corrected chi connectivity index (χ3v) is 4.33. The van der Waals surface area contributed by atoms with Gasteiger partial charge < -0.3 is 0 Å². The van der Waals surface area contributed by atoms with Crippen molar-refractivity contribution in [3.63, 3.8) is 0 Å². The van der Waals surface area contributed by atoms with Crippen LogP contribution in [0.5, 0.6) is 0 Å². The first-order valence-corrected chi connectivity index (χ1v) is 8.26. The molecule has 0 amide bonds. The molecule has 0 atom stereocenters. The van der Waals surface area contributed by atoms with E-state index < -0.39 is 0 Å². The molecule has 24 heavy (non-hydrogen) atoms. The van der Waals surface area contributed by atoms with Crippen LogP contribution in [0, 0.1) is 20.8 Å². The molecule has 0 aliphatic heterocycles. The number of pyridine rings is 2. The highest BCUT2D eigenvalue weighted by Crippen LogP contribution is 2.19. The lowest BCUT2D eigenvalue weighted by Crippen LogP contribution is -1.87. The van der Waals surface area contributed by atoms with E-state index in [0.717, 1.165) is 21.7 Å². The average molecular weight is 335 g/mol. The van der Waals surface area contributed by atoms with Crippen molar-refractivity contribution in [2.45, 2.75) is 20.8 Å². The fourth-order valence-electron chi connectivity index (χ4n) is 2.58. The summed E-state index contributed by atoms with van der Waals surface area (Å²) in [6.07, 6.45) is 1.80. The van der Waals surface area contributed by atoms with Gasteiger partial charge in [0.1, 0.15) is 0 Å². The van der Waals surface area contributed by atoms with Crippen molar-refractivity contribution < 1.29 is 0 Å². The van der Waals surface area contributed by atoms with E-state index in [9.17, 15) is 0 Å². The highest BCUT2D eigenvalue weighted by atomic mass is 35.5. The number of hydrogen-bond acceptors (Lipinski definition) is 2. The quantitative estimate of drug-likeness (QED) is 0.391. The Morgan fingerprint density at radius 1 is 0.792 bits per heavy atom. The fourth-order valence-corrected chi connectivity index (χ4v) is 2.75. The zero-order valence-electron chi connectivity index (χ0n) is 14.0. The molecule has 0 spiro atoms. The lowest BCUT2D eigenvalue weighted by molar-refractivity contribution is 1.20. The maximum Gasteiger partial charge on any atom is 0.0719 e. The molecule has 2 heterocycles. The lowest BCUT2D eigenvalue weighted by Gasteiger charge is -2.01. The van der Waals surface area contributed by atoms with Gasteiger partial charge in [-0.3, -0.25) is 9.97 Å². The highest BCUT2D eigenvalue weighted by molar-refractivity contribution is 6.31. The summed E-state index contributed by atoms with van der Waals surface area (Å²) in [5.74, 6) is 0. The van der Waals surface area contributed by atoms with Crippen LogP contribution >= 0.6 is 11.6 Å². The molecule has 0 aliphatic carbocycles. The third-order valence-electron chi connectivity index (χ3n) is 4.09. The molecular formula is C21H19ClN2. The van der Waals surface area contributed by atoms with E-state index in [2.05, 4.69) is 35.9 Å². The number of aryl methyl sites for hydroxylation is 3. The third kappa shape index (κ3) is 3.55. The Morgan fingerprint density at radius 3 is 2.42 bits per heavy atom. The second-order valence-corrected chi connectivity index (χ2v) is 6.31. The predicted octanol–water partition coefficient (Wildman–Crippen LogP) is 6.05. The topological polar surface area (TPSA) is 25.8 Å². The molecule has 0 bridgehead atoms. The molecule has 0 saturated heterocycles. The van der Waals surface area contributed by atoms with Crippen molar-refractivity contribution in [2.75, 3.05) is 0 Å². The SMILES string of the molecule is Cc1cc2ccccc2nc1C.Cc1ccnc2cc(Cl)ccc12. The number of hydrogen-bond donors (Lipinski definition) is 0. The minimum absolute atomic E-state index is 0.737. The Morgan fingerprint density at radius 2 is 1.58 bits per heavy atom. The van der Waals surface area contributed by atoms with Crippen molar-refractivity contribution in [1.29, 1.82) is 0 Å². The number of fused-ring (bicyclic) bond motifs is 2. The van der Waals surface area contributed by atoms with Gasteiger partial charge in [0.05, 0.1) is 11.0 Å². The molecule has 2 aromatic heterocycles. The summed E-state index contributed by atoms with van der Waals surface area (Å²) in [7, 11) is 0. The molecule has 4 aromatic rings. The van der Waals surface area contributed by atoms with Gasteiger partial charge in [-0.25, -0.2) is 0 Å². The maximum atomic E-state index is 5.83. The second-order valence-electron chi connectivity index (χ2n) is 5.87. The van der Waals surface area contributed by atoms with Gasteiger partial charge in [-0.05, 0) is 62.2 Å². The molecule has 0 aliphatic rings. The number of benzene rings is 2. The van der Waals surface area contributed by atoms with Crippen LogP contribution < -0.4 is 0 Å². The van der Waals surface area contributed by atoms with Crippen LogP contribution in [0.25, 0.3) is 21.8 Å². The van der Waals surface area contributed by atoms with E-state index in [1.807, 2.05) is 49.4 Å². The molecule has 120 valence electrons. The first kappa shape index (κ1) is 16.4. The largest absolute Gasteiger partial charge is 0.256 e. The molecule has 0 N–H and O–H groups in total. The Hall–Kier alpha value is -2.45. The van der Waals surface area contributed by atoms with Gasteiger partial charge in [0.25, 0.3) is 0 Å². The minimum atomic E-state index is 0.737. The smallest absolute Gasteiger partial charge is 0.0719 e. The van der Waals surface area contributed by atoms with E-state index in [0.29, 0.717) is 0 Å². The zero-order chi connectivity index (χ0) is 17.1. The van der Waals surface area contributed by atoms with Crippen LogP contribution in [0.3, 0.4) is 0 Å². The second kappa shape index (κ2) is 6.98. The Kier molecular flexibility index (Phi) is 4.77. The normalized spacial score (nSPS) is 10.5. The standard InChI is InChI=1S/C11H11N.C10H8ClN/c1-8-7-10-5-3-4-6-11(10)12-9(8)2;1-7-4-5-12-10-6-8(11)2-3-9(7)10/h3-7H,1-2H3;2-6H,1H3. The number of halogens is 1. The molecular weight excluding hydrogens is 316 g/mol. The summed E-state index contributed by atoms with van der Waals surface area (Å²) in [4.78, 5) is 8.69. The molecule has 4 rings (SSSR count).